The van der Waals surface area contributed by atoms with Gasteiger partial charge in [-0.25, -0.2) is 4.79 Å². The molecule has 5 nitrogen and oxygen atoms in total. The predicted molar refractivity (Wildman–Crippen MR) is 104 cm³/mol. The van der Waals surface area contributed by atoms with Gasteiger partial charge < -0.3 is 15.2 Å². The van der Waals surface area contributed by atoms with Gasteiger partial charge in [0.1, 0.15) is 6.04 Å². The van der Waals surface area contributed by atoms with Crippen molar-refractivity contribution in [3.63, 3.8) is 0 Å². The van der Waals surface area contributed by atoms with Crippen molar-refractivity contribution >= 4 is 11.9 Å². The third-order valence-electron chi connectivity index (χ3n) is 4.98. The fourth-order valence-electron chi connectivity index (χ4n) is 3.54. The van der Waals surface area contributed by atoms with E-state index in [-0.39, 0.29) is 12.3 Å². The van der Waals surface area contributed by atoms with Gasteiger partial charge in [0.05, 0.1) is 0 Å². The molecule has 142 valence electrons. The highest BCUT2D eigenvalue weighted by atomic mass is 16.5. The molecule has 0 saturated carbocycles. The van der Waals surface area contributed by atoms with Crippen LogP contribution in [0.5, 0.6) is 0 Å². The summed E-state index contributed by atoms with van der Waals surface area (Å²) in [6.07, 6.45) is 3.03. The summed E-state index contributed by atoms with van der Waals surface area (Å²) in [6, 6.07) is 14.1. The molecular weight excluding hydrogens is 342 g/mol. The molecule has 2 aromatic rings. The zero-order valence-corrected chi connectivity index (χ0v) is 15.5. The fourth-order valence-corrected chi connectivity index (χ4v) is 3.54. The molecule has 27 heavy (non-hydrogen) atoms. The molecule has 0 fully saturated rings. The summed E-state index contributed by atoms with van der Waals surface area (Å²) in [5.74, 6) is -1.26. The van der Waals surface area contributed by atoms with E-state index in [1.807, 2.05) is 0 Å². The average molecular weight is 367 g/mol. The second-order valence-corrected chi connectivity index (χ2v) is 6.92. The Kier molecular flexibility index (Phi) is 6.24. The number of rotatable bonds is 9. The fraction of sp³-hybridized carbons (Fsp3) is 0.364. The summed E-state index contributed by atoms with van der Waals surface area (Å²) < 4.78 is 4.89. The first-order valence-corrected chi connectivity index (χ1v) is 9.29. The summed E-state index contributed by atoms with van der Waals surface area (Å²) in [5.41, 5.74) is 6.50. The Morgan fingerprint density at radius 3 is 2.70 bits per heavy atom. The highest BCUT2D eigenvalue weighted by molar-refractivity contribution is 5.83. The van der Waals surface area contributed by atoms with Gasteiger partial charge in [0, 0.05) is 26.6 Å². The topological polar surface area (TPSA) is 75.6 Å². The van der Waals surface area contributed by atoms with E-state index in [0.29, 0.717) is 19.4 Å². The van der Waals surface area contributed by atoms with Gasteiger partial charge in [-0.3, -0.25) is 4.79 Å². The number of aliphatic carboxylic acids is 1. The number of carbonyl (C=O) groups is 2. The SMILES string of the molecule is COCCC(NC(=O)CCCc1ccc2c(c1)-c1ccccc1C2)C(=O)O. The van der Waals surface area contributed by atoms with Gasteiger partial charge in [0.15, 0.2) is 0 Å². The molecule has 3 rings (SSSR count). The number of ether oxygens (including phenoxy) is 1. The van der Waals surface area contributed by atoms with Crippen LogP contribution in [-0.4, -0.2) is 36.7 Å². The summed E-state index contributed by atoms with van der Waals surface area (Å²) in [5, 5.41) is 11.7. The number of methoxy groups -OCH3 is 1. The summed E-state index contributed by atoms with van der Waals surface area (Å²) >= 11 is 0. The number of hydrogen-bond donors (Lipinski definition) is 2. The molecule has 5 heteroatoms. The second kappa shape index (κ2) is 8.82. The van der Waals surface area contributed by atoms with Crippen molar-refractivity contribution in [2.24, 2.45) is 0 Å². The largest absolute Gasteiger partial charge is 0.480 e. The lowest BCUT2D eigenvalue weighted by Gasteiger charge is -2.14. The quantitative estimate of drug-likeness (QED) is 0.609. The van der Waals surface area contributed by atoms with Crippen molar-refractivity contribution in [2.45, 2.75) is 38.1 Å². The van der Waals surface area contributed by atoms with Gasteiger partial charge in [-0.2, -0.15) is 0 Å². The van der Waals surface area contributed by atoms with E-state index >= 15 is 0 Å². The minimum atomic E-state index is -1.03. The molecule has 0 spiro atoms. The van der Waals surface area contributed by atoms with Crippen LogP contribution in [0, 0.1) is 0 Å². The lowest BCUT2D eigenvalue weighted by Crippen LogP contribution is -2.41. The number of benzene rings is 2. The Bertz CT molecular complexity index is 831. The van der Waals surface area contributed by atoms with Crippen LogP contribution in [0.4, 0.5) is 0 Å². The Morgan fingerprint density at radius 2 is 1.93 bits per heavy atom. The van der Waals surface area contributed by atoms with Crippen LogP contribution < -0.4 is 5.32 Å². The van der Waals surface area contributed by atoms with Crippen molar-refractivity contribution < 1.29 is 19.4 Å². The number of carboxylic acids is 1. The molecule has 2 aromatic carbocycles. The first-order chi connectivity index (χ1) is 13.1. The van der Waals surface area contributed by atoms with E-state index in [4.69, 9.17) is 9.84 Å². The van der Waals surface area contributed by atoms with Crippen LogP contribution >= 0.6 is 0 Å². The van der Waals surface area contributed by atoms with E-state index < -0.39 is 12.0 Å². The average Bonchev–Trinajstić information content (AvgIpc) is 3.03. The number of amides is 1. The third-order valence-corrected chi connectivity index (χ3v) is 4.98. The van der Waals surface area contributed by atoms with Crippen molar-refractivity contribution in [2.75, 3.05) is 13.7 Å². The minimum Gasteiger partial charge on any atom is -0.480 e. The zero-order chi connectivity index (χ0) is 19.2. The molecule has 0 aliphatic heterocycles. The smallest absolute Gasteiger partial charge is 0.326 e. The van der Waals surface area contributed by atoms with Crippen molar-refractivity contribution in [3.8, 4) is 11.1 Å². The molecule has 1 aliphatic carbocycles. The monoisotopic (exact) mass is 367 g/mol. The zero-order valence-electron chi connectivity index (χ0n) is 15.5. The van der Waals surface area contributed by atoms with Crippen LogP contribution in [0.15, 0.2) is 42.5 Å². The summed E-state index contributed by atoms with van der Waals surface area (Å²) in [6.45, 7) is 0.299. The molecule has 0 aromatic heterocycles. The predicted octanol–water partition coefficient (Wildman–Crippen LogP) is 3.19. The van der Waals surface area contributed by atoms with Crippen LogP contribution in [0.2, 0.25) is 0 Å². The first kappa shape index (κ1) is 19.1. The van der Waals surface area contributed by atoms with Crippen LogP contribution in [0.3, 0.4) is 0 Å². The molecule has 1 aliphatic rings. The van der Waals surface area contributed by atoms with Crippen molar-refractivity contribution in [1.29, 1.82) is 0 Å². The summed E-state index contributed by atoms with van der Waals surface area (Å²) in [7, 11) is 1.51. The number of fused-ring (bicyclic) bond motifs is 3. The number of aryl methyl sites for hydroxylation is 1. The molecule has 0 radical (unpaired) electrons. The highest BCUT2D eigenvalue weighted by Gasteiger charge is 2.20. The van der Waals surface area contributed by atoms with Gasteiger partial charge in [0.25, 0.3) is 0 Å². The maximum absolute atomic E-state index is 12.0. The maximum atomic E-state index is 12.0. The van der Waals surface area contributed by atoms with E-state index in [0.717, 1.165) is 12.8 Å². The molecular formula is C22H25NO4. The molecule has 1 amide bonds. The minimum absolute atomic E-state index is 0.231. The molecule has 2 N–H and O–H groups in total. The van der Waals surface area contributed by atoms with Gasteiger partial charge in [0.2, 0.25) is 5.91 Å². The van der Waals surface area contributed by atoms with E-state index in [1.165, 1.54) is 34.9 Å². The molecule has 0 bridgehead atoms. The van der Waals surface area contributed by atoms with Gasteiger partial charge in [-0.05, 0) is 47.1 Å². The number of carboxylic acid groups (broad SMARTS) is 1. The molecule has 1 unspecified atom stereocenters. The normalized spacial score (nSPS) is 12.9. The number of carbonyl (C=O) groups excluding carboxylic acids is 1. The van der Waals surface area contributed by atoms with Gasteiger partial charge >= 0.3 is 5.97 Å². The molecule has 0 saturated heterocycles. The molecule has 0 heterocycles. The number of hydrogen-bond acceptors (Lipinski definition) is 3. The second-order valence-electron chi connectivity index (χ2n) is 6.92. The Morgan fingerprint density at radius 1 is 1.15 bits per heavy atom. The molecule has 1 atom stereocenters. The lowest BCUT2D eigenvalue weighted by molar-refractivity contribution is -0.142. The first-order valence-electron chi connectivity index (χ1n) is 9.29. The van der Waals surface area contributed by atoms with Crippen LogP contribution in [0.1, 0.15) is 36.0 Å². The maximum Gasteiger partial charge on any atom is 0.326 e. The van der Waals surface area contributed by atoms with Gasteiger partial charge in [-0.1, -0.05) is 42.5 Å². The Labute approximate surface area is 159 Å². The standard InChI is InChI=1S/C22H25NO4/c1-27-12-11-20(22(25)26)23-21(24)8-4-5-15-9-10-17-14-16-6-2-3-7-18(16)19(17)13-15/h2-3,6-7,9-10,13,20H,4-5,8,11-12,14H2,1H3,(H,23,24)(H,25,26). The highest BCUT2D eigenvalue weighted by Crippen LogP contribution is 2.36. The van der Waals surface area contributed by atoms with Crippen molar-refractivity contribution in [1.82, 2.24) is 5.32 Å². The Balaban J connectivity index is 1.53. The summed E-state index contributed by atoms with van der Waals surface area (Å²) in [4.78, 5) is 23.2. The van der Waals surface area contributed by atoms with Crippen LogP contribution in [-0.2, 0) is 27.2 Å². The van der Waals surface area contributed by atoms with E-state index in [2.05, 4.69) is 47.8 Å². The van der Waals surface area contributed by atoms with E-state index in [1.54, 1.807) is 0 Å². The Hall–Kier alpha value is -2.66. The third kappa shape index (κ3) is 4.74. The van der Waals surface area contributed by atoms with E-state index in [9.17, 15) is 9.59 Å². The van der Waals surface area contributed by atoms with Crippen molar-refractivity contribution in [3.05, 3.63) is 59.2 Å². The lowest BCUT2D eigenvalue weighted by atomic mass is 10.00. The van der Waals surface area contributed by atoms with Crippen LogP contribution in [0.25, 0.3) is 11.1 Å². The number of nitrogens with one attached hydrogen (secondary N) is 1. The van der Waals surface area contributed by atoms with Gasteiger partial charge in [-0.15, -0.1) is 0 Å².